The van der Waals surface area contributed by atoms with E-state index in [1.54, 1.807) is 0 Å². The minimum atomic E-state index is -0.835. The lowest BCUT2D eigenvalue weighted by Gasteiger charge is -2.18. The third-order valence-electron chi connectivity index (χ3n) is 2.71. The molecule has 82 valence electrons. The summed E-state index contributed by atoms with van der Waals surface area (Å²) in [7, 11) is 0. The van der Waals surface area contributed by atoms with E-state index in [1.165, 1.54) is 12.1 Å². The Morgan fingerprint density at radius 3 is 2.47 bits per heavy atom. The van der Waals surface area contributed by atoms with Crippen molar-refractivity contribution in [3.05, 3.63) is 35.4 Å². The molecule has 1 fully saturated rings. The summed E-state index contributed by atoms with van der Waals surface area (Å²) in [4.78, 5) is 0. The van der Waals surface area contributed by atoms with Gasteiger partial charge in [0.25, 0.3) is 0 Å². The Morgan fingerprint density at radius 1 is 1.27 bits per heavy atom. The molecule has 1 saturated heterocycles. The zero-order chi connectivity index (χ0) is 10.8. The molecular formula is C11H13F2NO. The van der Waals surface area contributed by atoms with Gasteiger partial charge in [-0.05, 0) is 37.1 Å². The number of halogens is 2. The van der Waals surface area contributed by atoms with Gasteiger partial charge in [0.05, 0.1) is 6.10 Å². The van der Waals surface area contributed by atoms with E-state index in [-0.39, 0.29) is 6.04 Å². The molecule has 0 bridgehead atoms. The summed E-state index contributed by atoms with van der Waals surface area (Å²) in [6, 6.07) is 3.06. The molecule has 1 aliphatic heterocycles. The van der Waals surface area contributed by atoms with E-state index in [0.717, 1.165) is 25.5 Å². The summed E-state index contributed by atoms with van der Waals surface area (Å²) in [5, 5.41) is 13.0. The smallest absolute Gasteiger partial charge is 0.126 e. The van der Waals surface area contributed by atoms with Crippen molar-refractivity contribution in [2.45, 2.75) is 25.0 Å². The number of aliphatic hydroxyl groups is 1. The van der Waals surface area contributed by atoms with Crippen molar-refractivity contribution in [3.8, 4) is 0 Å². The zero-order valence-electron chi connectivity index (χ0n) is 8.21. The number of benzene rings is 1. The van der Waals surface area contributed by atoms with Gasteiger partial charge < -0.3 is 10.4 Å². The molecule has 2 atom stereocenters. The highest BCUT2D eigenvalue weighted by Gasteiger charge is 2.24. The van der Waals surface area contributed by atoms with E-state index in [9.17, 15) is 13.9 Å². The van der Waals surface area contributed by atoms with Crippen LogP contribution in [0.3, 0.4) is 0 Å². The quantitative estimate of drug-likeness (QED) is 0.784. The Bertz CT molecular complexity index is 330. The number of nitrogens with one attached hydrogen (secondary N) is 1. The molecule has 15 heavy (non-hydrogen) atoms. The van der Waals surface area contributed by atoms with Crippen LogP contribution in [-0.4, -0.2) is 17.7 Å². The molecule has 0 aliphatic carbocycles. The van der Waals surface area contributed by atoms with Crippen LogP contribution in [0.25, 0.3) is 0 Å². The second kappa shape index (κ2) is 4.24. The van der Waals surface area contributed by atoms with Gasteiger partial charge in [-0.25, -0.2) is 8.78 Å². The highest BCUT2D eigenvalue weighted by atomic mass is 19.1. The largest absolute Gasteiger partial charge is 0.387 e. The van der Waals surface area contributed by atoms with Gasteiger partial charge in [0.1, 0.15) is 11.6 Å². The highest BCUT2D eigenvalue weighted by molar-refractivity contribution is 5.21. The van der Waals surface area contributed by atoms with Crippen LogP contribution < -0.4 is 5.32 Å². The fourth-order valence-corrected chi connectivity index (χ4v) is 1.96. The van der Waals surface area contributed by atoms with Crippen molar-refractivity contribution in [2.24, 2.45) is 0 Å². The molecule has 0 radical (unpaired) electrons. The van der Waals surface area contributed by atoms with Crippen LogP contribution in [0, 0.1) is 11.6 Å². The molecule has 1 aromatic carbocycles. The van der Waals surface area contributed by atoms with E-state index < -0.39 is 17.7 Å². The van der Waals surface area contributed by atoms with E-state index in [2.05, 4.69) is 5.32 Å². The number of rotatable bonds is 2. The lowest BCUT2D eigenvalue weighted by molar-refractivity contribution is 0.136. The molecule has 2 N–H and O–H groups in total. The van der Waals surface area contributed by atoms with Gasteiger partial charge in [-0.3, -0.25) is 0 Å². The van der Waals surface area contributed by atoms with E-state index in [1.807, 2.05) is 0 Å². The van der Waals surface area contributed by atoms with Crippen LogP contribution in [-0.2, 0) is 0 Å². The standard InChI is InChI=1S/C11H13F2NO/c12-8-4-7(5-9(13)6-8)11(15)10-2-1-3-14-10/h4-6,10-11,14-15H,1-3H2/t10-,11?/m1/s1. The SMILES string of the molecule is OC(c1cc(F)cc(F)c1)[C@H]1CCCN1. The van der Waals surface area contributed by atoms with Crippen molar-refractivity contribution in [2.75, 3.05) is 6.54 Å². The molecule has 0 amide bonds. The minimum Gasteiger partial charge on any atom is -0.387 e. The summed E-state index contributed by atoms with van der Waals surface area (Å²) >= 11 is 0. The van der Waals surface area contributed by atoms with Gasteiger partial charge in [0, 0.05) is 12.1 Å². The summed E-state index contributed by atoms with van der Waals surface area (Å²) in [6.07, 6.45) is 0.983. The first-order chi connectivity index (χ1) is 7.16. The molecular weight excluding hydrogens is 200 g/mol. The van der Waals surface area contributed by atoms with Crippen LogP contribution in [0.1, 0.15) is 24.5 Å². The first-order valence-electron chi connectivity index (χ1n) is 5.04. The van der Waals surface area contributed by atoms with Gasteiger partial charge in [-0.2, -0.15) is 0 Å². The van der Waals surface area contributed by atoms with E-state index in [4.69, 9.17) is 0 Å². The van der Waals surface area contributed by atoms with Crippen LogP contribution in [0.4, 0.5) is 8.78 Å². The predicted molar refractivity (Wildman–Crippen MR) is 52.3 cm³/mol. The topological polar surface area (TPSA) is 32.3 Å². The summed E-state index contributed by atoms with van der Waals surface area (Å²) in [5.74, 6) is -1.30. The van der Waals surface area contributed by atoms with Gasteiger partial charge >= 0.3 is 0 Å². The van der Waals surface area contributed by atoms with Crippen molar-refractivity contribution >= 4 is 0 Å². The lowest BCUT2D eigenvalue weighted by Crippen LogP contribution is -2.28. The predicted octanol–water partition coefficient (Wildman–Crippen LogP) is 1.75. The highest BCUT2D eigenvalue weighted by Crippen LogP contribution is 2.24. The average molecular weight is 213 g/mol. The Labute approximate surface area is 86.9 Å². The number of hydrogen-bond acceptors (Lipinski definition) is 2. The lowest BCUT2D eigenvalue weighted by atomic mass is 10.0. The fraction of sp³-hybridized carbons (Fsp3) is 0.455. The van der Waals surface area contributed by atoms with Crippen molar-refractivity contribution in [3.63, 3.8) is 0 Å². The van der Waals surface area contributed by atoms with Crippen molar-refractivity contribution < 1.29 is 13.9 Å². The van der Waals surface area contributed by atoms with Crippen LogP contribution in [0.15, 0.2) is 18.2 Å². The number of hydrogen-bond donors (Lipinski definition) is 2. The van der Waals surface area contributed by atoms with Gasteiger partial charge in [0.15, 0.2) is 0 Å². The second-order valence-electron chi connectivity index (χ2n) is 3.85. The Morgan fingerprint density at radius 2 is 1.93 bits per heavy atom. The molecule has 1 heterocycles. The molecule has 2 rings (SSSR count). The van der Waals surface area contributed by atoms with Crippen LogP contribution in [0.5, 0.6) is 0 Å². The van der Waals surface area contributed by atoms with Crippen LogP contribution in [0.2, 0.25) is 0 Å². The first-order valence-corrected chi connectivity index (χ1v) is 5.04. The molecule has 2 nitrogen and oxygen atoms in total. The molecule has 4 heteroatoms. The molecule has 0 saturated carbocycles. The maximum Gasteiger partial charge on any atom is 0.126 e. The summed E-state index contributed by atoms with van der Waals surface area (Å²) < 4.78 is 25.8. The third-order valence-corrected chi connectivity index (χ3v) is 2.71. The maximum atomic E-state index is 12.9. The first kappa shape index (κ1) is 10.5. The second-order valence-corrected chi connectivity index (χ2v) is 3.85. The Hall–Kier alpha value is -1.00. The zero-order valence-corrected chi connectivity index (χ0v) is 8.21. The molecule has 0 spiro atoms. The monoisotopic (exact) mass is 213 g/mol. The molecule has 1 aliphatic rings. The van der Waals surface area contributed by atoms with Crippen LogP contribution >= 0.6 is 0 Å². The maximum absolute atomic E-state index is 12.9. The summed E-state index contributed by atoms with van der Waals surface area (Å²) in [5.41, 5.74) is 0.298. The van der Waals surface area contributed by atoms with E-state index in [0.29, 0.717) is 5.56 Å². The van der Waals surface area contributed by atoms with E-state index >= 15 is 0 Å². The normalized spacial score (nSPS) is 23.0. The van der Waals surface area contributed by atoms with Crippen molar-refractivity contribution in [1.29, 1.82) is 0 Å². The van der Waals surface area contributed by atoms with Gasteiger partial charge in [-0.15, -0.1) is 0 Å². The van der Waals surface area contributed by atoms with Crippen molar-refractivity contribution in [1.82, 2.24) is 5.32 Å². The third kappa shape index (κ3) is 2.33. The Balaban J connectivity index is 2.20. The summed E-state index contributed by atoms with van der Waals surface area (Å²) in [6.45, 7) is 0.847. The minimum absolute atomic E-state index is 0.0915. The molecule has 0 aromatic heterocycles. The molecule has 1 aromatic rings. The average Bonchev–Trinajstić information content (AvgIpc) is 2.67. The fourth-order valence-electron chi connectivity index (χ4n) is 1.96. The van der Waals surface area contributed by atoms with Gasteiger partial charge in [-0.1, -0.05) is 0 Å². The van der Waals surface area contributed by atoms with Gasteiger partial charge in [0.2, 0.25) is 0 Å². The molecule has 1 unspecified atom stereocenters. The Kier molecular flexibility index (Phi) is 2.98. The number of aliphatic hydroxyl groups excluding tert-OH is 1.